The Hall–Kier alpha value is -1.13. The van der Waals surface area contributed by atoms with Gasteiger partial charge in [-0.15, -0.1) is 0 Å². The van der Waals surface area contributed by atoms with Crippen LogP contribution in [-0.4, -0.2) is 15.3 Å². The number of halogens is 1. The third kappa shape index (κ3) is 2.11. The van der Waals surface area contributed by atoms with Crippen molar-refractivity contribution in [3.05, 3.63) is 35.5 Å². The van der Waals surface area contributed by atoms with Gasteiger partial charge in [0.15, 0.2) is 11.0 Å². The van der Waals surface area contributed by atoms with E-state index in [1.165, 1.54) is 0 Å². The third-order valence-corrected chi connectivity index (χ3v) is 2.95. The Bertz CT molecular complexity index is 429. The summed E-state index contributed by atoms with van der Waals surface area (Å²) >= 11 is 7.09. The third-order valence-electron chi connectivity index (χ3n) is 2.07. The molecule has 0 saturated carbocycles. The molecule has 15 heavy (non-hydrogen) atoms. The second kappa shape index (κ2) is 4.59. The van der Waals surface area contributed by atoms with E-state index in [4.69, 9.17) is 11.6 Å². The molecule has 0 N–H and O–H groups in total. The molecule has 0 aliphatic rings. The number of benzene rings is 1. The fraction of sp³-hybridized carbons (Fsp3) is 0.200. The van der Waals surface area contributed by atoms with Crippen molar-refractivity contribution in [2.24, 2.45) is 0 Å². The Morgan fingerprint density at radius 3 is 2.53 bits per heavy atom. The number of anilines is 2. The smallest absolute Gasteiger partial charge is 0.187 e. The van der Waals surface area contributed by atoms with Crippen LogP contribution in [0.4, 0.5) is 11.5 Å². The Morgan fingerprint density at radius 1 is 1.27 bits per heavy atom. The van der Waals surface area contributed by atoms with Crippen molar-refractivity contribution in [1.82, 2.24) is 8.75 Å². The van der Waals surface area contributed by atoms with Crippen LogP contribution in [0.1, 0.15) is 6.92 Å². The largest absolute Gasteiger partial charge is 0.323 e. The van der Waals surface area contributed by atoms with E-state index in [2.05, 4.69) is 15.7 Å². The minimum Gasteiger partial charge on any atom is -0.323 e. The molecule has 0 radical (unpaired) electrons. The summed E-state index contributed by atoms with van der Waals surface area (Å²) < 4.78 is 8.15. The number of hydrogen-bond donors (Lipinski definition) is 0. The zero-order valence-electron chi connectivity index (χ0n) is 8.22. The normalized spacial score (nSPS) is 10.3. The van der Waals surface area contributed by atoms with E-state index >= 15 is 0 Å². The molecule has 1 aromatic carbocycles. The van der Waals surface area contributed by atoms with E-state index in [0.717, 1.165) is 29.8 Å². The Labute approximate surface area is 97.6 Å². The van der Waals surface area contributed by atoms with E-state index in [9.17, 15) is 0 Å². The Balaban J connectivity index is 2.37. The Morgan fingerprint density at radius 2 is 2.00 bits per heavy atom. The van der Waals surface area contributed by atoms with Gasteiger partial charge < -0.3 is 4.90 Å². The summed E-state index contributed by atoms with van der Waals surface area (Å²) in [5.41, 5.74) is 1.08. The summed E-state index contributed by atoms with van der Waals surface area (Å²) in [6.45, 7) is 2.87. The quantitative estimate of drug-likeness (QED) is 0.823. The molecule has 0 saturated heterocycles. The van der Waals surface area contributed by atoms with Gasteiger partial charge in [0, 0.05) is 12.2 Å². The lowest BCUT2D eigenvalue weighted by atomic mass is 10.3. The van der Waals surface area contributed by atoms with Gasteiger partial charge in [0.05, 0.1) is 11.7 Å². The van der Waals surface area contributed by atoms with Crippen LogP contribution in [0.5, 0.6) is 0 Å². The highest BCUT2D eigenvalue weighted by Crippen LogP contribution is 2.29. The molecular formula is C10H10ClN3S. The van der Waals surface area contributed by atoms with Gasteiger partial charge in [-0.05, 0) is 19.1 Å². The topological polar surface area (TPSA) is 29.0 Å². The lowest BCUT2D eigenvalue weighted by Crippen LogP contribution is -2.16. The van der Waals surface area contributed by atoms with Crippen LogP contribution >= 0.6 is 23.3 Å². The zero-order valence-corrected chi connectivity index (χ0v) is 9.79. The first-order chi connectivity index (χ1) is 7.33. The molecule has 0 fully saturated rings. The molecular weight excluding hydrogens is 230 g/mol. The van der Waals surface area contributed by atoms with E-state index in [1.54, 1.807) is 0 Å². The second-order valence-corrected chi connectivity index (χ2v) is 3.84. The average Bonchev–Trinajstić information content (AvgIpc) is 2.68. The SMILES string of the molecule is CCN(c1ccccc1)c1nsnc1Cl. The highest BCUT2D eigenvalue weighted by molar-refractivity contribution is 6.99. The first-order valence-electron chi connectivity index (χ1n) is 4.63. The molecule has 0 aliphatic carbocycles. The summed E-state index contributed by atoms with van der Waals surface area (Å²) in [5.74, 6) is 0.732. The second-order valence-electron chi connectivity index (χ2n) is 2.96. The monoisotopic (exact) mass is 239 g/mol. The van der Waals surface area contributed by atoms with Gasteiger partial charge in [0.1, 0.15) is 0 Å². The summed E-state index contributed by atoms with van der Waals surface area (Å²) in [5, 5.41) is 0.464. The molecule has 0 aliphatic heterocycles. The van der Waals surface area contributed by atoms with Crippen molar-refractivity contribution in [2.75, 3.05) is 11.4 Å². The van der Waals surface area contributed by atoms with Crippen LogP contribution in [-0.2, 0) is 0 Å². The Kier molecular flexibility index (Phi) is 3.18. The summed E-state index contributed by atoms with van der Waals surface area (Å²) in [6.07, 6.45) is 0. The standard InChI is InChI=1S/C10H10ClN3S/c1-2-14(8-6-4-3-5-7-8)10-9(11)12-15-13-10/h3-7H,2H2,1H3. The fourth-order valence-corrected chi connectivity index (χ4v) is 2.14. The molecule has 2 aromatic rings. The summed E-state index contributed by atoms with van der Waals surface area (Å²) in [7, 11) is 0. The number of para-hydroxylation sites is 1. The molecule has 0 bridgehead atoms. The van der Waals surface area contributed by atoms with Gasteiger partial charge in [0.2, 0.25) is 0 Å². The first-order valence-corrected chi connectivity index (χ1v) is 5.74. The van der Waals surface area contributed by atoms with Gasteiger partial charge in [-0.2, -0.15) is 8.75 Å². The van der Waals surface area contributed by atoms with Gasteiger partial charge in [-0.1, -0.05) is 29.8 Å². The van der Waals surface area contributed by atoms with E-state index < -0.39 is 0 Å². The maximum Gasteiger partial charge on any atom is 0.187 e. The lowest BCUT2D eigenvalue weighted by Gasteiger charge is -2.19. The van der Waals surface area contributed by atoms with E-state index in [1.807, 2.05) is 35.2 Å². The van der Waals surface area contributed by atoms with Crippen molar-refractivity contribution in [1.29, 1.82) is 0 Å². The molecule has 5 heteroatoms. The van der Waals surface area contributed by atoms with Crippen LogP contribution in [0, 0.1) is 0 Å². The van der Waals surface area contributed by atoms with Gasteiger partial charge in [0.25, 0.3) is 0 Å². The molecule has 1 heterocycles. The lowest BCUT2D eigenvalue weighted by molar-refractivity contribution is 1.00. The number of rotatable bonds is 3. The number of nitrogens with zero attached hydrogens (tertiary/aromatic N) is 3. The molecule has 0 atom stereocenters. The summed E-state index contributed by atoms with van der Waals surface area (Å²) in [4.78, 5) is 2.03. The van der Waals surface area contributed by atoms with Crippen LogP contribution in [0.2, 0.25) is 5.15 Å². The van der Waals surface area contributed by atoms with Crippen molar-refractivity contribution < 1.29 is 0 Å². The van der Waals surface area contributed by atoms with E-state index in [0.29, 0.717) is 5.15 Å². The maximum absolute atomic E-state index is 5.96. The van der Waals surface area contributed by atoms with Crippen molar-refractivity contribution >= 4 is 34.8 Å². The van der Waals surface area contributed by atoms with Crippen LogP contribution in [0.3, 0.4) is 0 Å². The predicted octanol–water partition coefficient (Wildman–Crippen LogP) is 3.35. The average molecular weight is 240 g/mol. The number of hydrogen-bond acceptors (Lipinski definition) is 4. The minimum atomic E-state index is 0.464. The molecule has 3 nitrogen and oxygen atoms in total. The molecule has 2 rings (SSSR count). The highest BCUT2D eigenvalue weighted by Gasteiger charge is 2.14. The van der Waals surface area contributed by atoms with Gasteiger partial charge in [-0.3, -0.25) is 0 Å². The summed E-state index contributed by atoms with van der Waals surface area (Å²) in [6, 6.07) is 10.0. The molecule has 0 spiro atoms. The molecule has 1 aromatic heterocycles. The molecule has 0 unspecified atom stereocenters. The van der Waals surface area contributed by atoms with Crippen LogP contribution in [0.15, 0.2) is 30.3 Å². The zero-order chi connectivity index (χ0) is 10.7. The van der Waals surface area contributed by atoms with Crippen LogP contribution in [0.25, 0.3) is 0 Å². The maximum atomic E-state index is 5.96. The van der Waals surface area contributed by atoms with Crippen molar-refractivity contribution in [3.8, 4) is 0 Å². The number of aromatic nitrogens is 2. The van der Waals surface area contributed by atoms with Gasteiger partial charge in [-0.25, -0.2) is 0 Å². The predicted molar refractivity (Wildman–Crippen MR) is 64.0 cm³/mol. The van der Waals surface area contributed by atoms with Crippen LogP contribution < -0.4 is 4.90 Å². The molecule has 78 valence electrons. The van der Waals surface area contributed by atoms with E-state index in [-0.39, 0.29) is 0 Å². The fourth-order valence-electron chi connectivity index (χ4n) is 1.40. The van der Waals surface area contributed by atoms with Crippen molar-refractivity contribution in [3.63, 3.8) is 0 Å². The molecule has 0 amide bonds. The minimum absolute atomic E-state index is 0.464. The highest BCUT2D eigenvalue weighted by atomic mass is 35.5. The van der Waals surface area contributed by atoms with Gasteiger partial charge >= 0.3 is 0 Å². The first kappa shape index (κ1) is 10.4. The van der Waals surface area contributed by atoms with Crippen molar-refractivity contribution in [2.45, 2.75) is 6.92 Å².